The number of unbranched alkanes of at least 4 members (excludes halogenated alkanes) is 6. The molecule has 0 aromatic carbocycles. The van der Waals surface area contributed by atoms with Crippen molar-refractivity contribution < 1.29 is 47.6 Å². The molecule has 2 unspecified atom stereocenters. The Kier molecular flexibility index (Phi) is 16.6. The van der Waals surface area contributed by atoms with Crippen molar-refractivity contribution in [3.8, 4) is 0 Å². The van der Waals surface area contributed by atoms with Gasteiger partial charge >= 0.3 is 29.6 Å². The molecule has 6 heteroatoms. The quantitative estimate of drug-likeness (QED) is 0.305. The molecule has 21 heavy (non-hydrogen) atoms. The van der Waals surface area contributed by atoms with Gasteiger partial charge < -0.3 is 9.66 Å². The molecule has 0 radical (unpaired) electrons. The summed E-state index contributed by atoms with van der Waals surface area (Å²) in [4.78, 5) is 0. The van der Waals surface area contributed by atoms with E-state index in [0.717, 1.165) is 51.4 Å². The monoisotopic (exact) mass is 330 g/mol. The van der Waals surface area contributed by atoms with Crippen LogP contribution in [-0.4, -0.2) is 29.4 Å². The van der Waals surface area contributed by atoms with Crippen molar-refractivity contribution in [3.63, 3.8) is 0 Å². The maximum atomic E-state index is 10.7. The van der Waals surface area contributed by atoms with E-state index >= 15 is 0 Å². The largest absolute Gasteiger partial charge is 1.00 e. The van der Waals surface area contributed by atoms with E-state index in [0.29, 0.717) is 6.42 Å². The number of hydrogen-bond acceptors (Lipinski definition) is 4. The van der Waals surface area contributed by atoms with Gasteiger partial charge in [-0.1, -0.05) is 58.3 Å². The Morgan fingerprint density at radius 1 is 0.905 bits per heavy atom. The predicted molar refractivity (Wildman–Crippen MR) is 81.6 cm³/mol. The van der Waals surface area contributed by atoms with E-state index in [1.54, 1.807) is 0 Å². The van der Waals surface area contributed by atoms with Gasteiger partial charge in [-0.3, -0.25) is 0 Å². The molecule has 1 N–H and O–H groups in total. The van der Waals surface area contributed by atoms with Crippen LogP contribution in [0.5, 0.6) is 0 Å². The van der Waals surface area contributed by atoms with Crippen molar-refractivity contribution in [2.75, 3.05) is 0 Å². The van der Waals surface area contributed by atoms with Crippen LogP contribution in [0.25, 0.3) is 0 Å². The Balaban J connectivity index is 0. The summed E-state index contributed by atoms with van der Waals surface area (Å²) in [6.45, 7) is 3.64. The van der Waals surface area contributed by atoms with Crippen molar-refractivity contribution >= 4 is 10.1 Å². The maximum Gasteiger partial charge on any atom is 1.00 e. The molecule has 0 aromatic heterocycles. The van der Waals surface area contributed by atoms with E-state index in [1.807, 2.05) is 0 Å². The standard InChI is InChI=1S/C15H32O4S.Na/c1-3-4-8-12-15(16)13-10-7-5-6-9-11-14(2)20(17,18)19;/h14-16H,3-13H2,1-2H3,(H,17,18,19);/q;+1/p-1. The zero-order valence-electron chi connectivity index (χ0n) is 14.0. The first-order chi connectivity index (χ1) is 9.38. The van der Waals surface area contributed by atoms with Crippen LogP contribution in [0.1, 0.15) is 84.5 Å². The van der Waals surface area contributed by atoms with E-state index in [9.17, 15) is 18.1 Å². The van der Waals surface area contributed by atoms with Gasteiger partial charge in [0.1, 0.15) is 0 Å². The molecule has 2 atom stereocenters. The first-order valence-electron chi connectivity index (χ1n) is 8.00. The summed E-state index contributed by atoms with van der Waals surface area (Å²) in [5.41, 5.74) is 0. The van der Waals surface area contributed by atoms with Gasteiger partial charge in [0, 0.05) is 5.25 Å². The van der Waals surface area contributed by atoms with E-state index in [2.05, 4.69) is 6.92 Å². The Hall–Kier alpha value is 0.870. The maximum absolute atomic E-state index is 10.7. The summed E-state index contributed by atoms with van der Waals surface area (Å²) in [5, 5.41) is 8.98. The molecule has 0 aliphatic rings. The Bertz CT molecular complexity index is 320. The van der Waals surface area contributed by atoms with Crippen LogP contribution in [0, 0.1) is 0 Å². The van der Waals surface area contributed by atoms with E-state index in [1.165, 1.54) is 19.8 Å². The zero-order chi connectivity index (χ0) is 15.4. The van der Waals surface area contributed by atoms with Crippen LogP contribution in [0.3, 0.4) is 0 Å². The van der Waals surface area contributed by atoms with Crippen LogP contribution < -0.4 is 29.6 Å². The topological polar surface area (TPSA) is 77.4 Å². The van der Waals surface area contributed by atoms with Crippen molar-refractivity contribution in [2.24, 2.45) is 0 Å². The average Bonchev–Trinajstić information content (AvgIpc) is 2.36. The first kappa shape index (κ1) is 24.1. The molecule has 0 rings (SSSR count). The molecule has 0 fully saturated rings. The molecule has 0 aliphatic carbocycles. The summed E-state index contributed by atoms with van der Waals surface area (Å²) in [5.74, 6) is 0. The SMILES string of the molecule is CCCCCC(O)CCCCCCCC(C)S(=O)(=O)[O-].[Na+]. The van der Waals surface area contributed by atoms with Crippen molar-refractivity contribution in [2.45, 2.75) is 95.8 Å². The fourth-order valence-electron chi connectivity index (χ4n) is 2.26. The van der Waals surface area contributed by atoms with Gasteiger partial charge in [-0.05, 0) is 26.2 Å². The number of aliphatic hydroxyl groups is 1. The third-order valence-corrected chi connectivity index (χ3v) is 5.00. The molecule has 0 aliphatic heterocycles. The molecule has 0 bridgehead atoms. The molecule has 0 saturated heterocycles. The molecular weight excluding hydrogens is 299 g/mol. The average molecular weight is 330 g/mol. The second-order valence-corrected chi connectivity index (χ2v) is 7.59. The van der Waals surface area contributed by atoms with Gasteiger partial charge in [-0.25, -0.2) is 8.42 Å². The Morgan fingerprint density at radius 3 is 1.81 bits per heavy atom. The molecule has 0 saturated carbocycles. The van der Waals surface area contributed by atoms with Crippen molar-refractivity contribution in [1.29, 1.82) is 0 Å². The summed E-state index contributed by atoms with van der Waals surface area (Å²) in [6.07, 6.45) is 10.5. The van der Waals surface area contributed by atoms with Crippen LogP contribution in [0.15, 0.2) is 0 Å². The zero-order valence-corrected chi connectivity index (χ0v) is 16.8. The minimum absolute atomic E-state index is 0. The van der Waals surface area contributed by atoms with Gasteiger partial charge in [0.2, 0.25) is 0 Å². The summed E-state index contributed by atoms with van der Waals surface area (Å²) in [6, 6.07) is 0. The predicted octanol–water partition coefficient (Wildman–Crippen LogP) is 0.596. The van der Waals surface area contributed by atoms with Gasteiger partial charge in [0.05, 0.1) is 16.2 Å². The molecule has 0 spiro atoms. The van der Waals surface area contributed by atoms with Gasteiger partial charge in [0.15, 0.2) is 0 Å². The number of aliphatic hydroxyl groups excluding tert-OH is 1. The molecule has 0 amide bonds. The van der Waals surface area contributed by atoms with Crippen LogP contribution in [-0.2, 0) is 10.1 Å². The van der Waals surface area contributed by atoms with E-state index in [-0.39, 0.29) is 35.7 Å². The summed E-state index contributed by atoms with van der Waals surface area (Å²) < 4.78 is 32.1. The third-order valence-electron chi connectivity index (χ3n) is 3.78. The van der Waals surface area contributed by atoms with E-state index in [4.69, 9.17) is 0 Å². The first-order valence-corrected chi connectivity index (χ1v) is 9.47. The van der Waals surface area contributed by atoms with Crippen molar-refractivity contribution in [1.82, 2.24) is 0 Å². The second kappa shape index (κ2) is 14.5. The third kappa shape index (κ3) is 15.5. The molecule has 0 aromatic rings. The Morgan fingerprint density at radius 2 is 1.33 bits per heavy atom. The second-order valence-electron chi connectivity index (χ2n) is 5.80. The summed E-state index contributed by atoms with van der Waals surface area (Å²) in [7, 11) is -4.11. The molecular formula is C15H31NaO4S. The molecule has 122 valence electrons. The van der Waals surface area contributed by atoms with E-state index < -0.39 is 15.4 Å². The fraction of sp³-hybridized carbons (Fsp3) is 1.00. The van der Waals surface area contributed by atoms with Crippen LogP contribution in [0.4, 0.5) is 0 Å². The van der Waals surface area contributed by atoms with Crippen molar-refractivity contribution in [3.05, 3.63) is 0 Å². The smallest absolute Gasteiger partial charge is 0.748 e. The summed E-state index contributed by atoms with van der Waals surface area (Å²) >= 11 is 0. The molecule has 0 heterocycles. The number of rotatable bonds is 13. The normalized spacial score (nSPS) is 14.5. The van der Waals surface area contributed by atoms with Gasteiger partial charge in [-0.15, -0.1) is 0 Å². The van der Waals surface area contributed by atoms with Gasteiger partial charge in [-0.2, -0.15) is 0 Å². The number of hydrogen-bond donors (Lipinski definition) is 1. The van der Waals surface area contributed by atoms with Crippen LogP contribution >= 0.6 is 0 Å². The fourth-order valence-corrected chi connectivity index (χ4v) is 2.72. The minimum Gasteiger partial charge on any atom is -0.748 e. The minimum atomic E-state index is -4.11. The molecule has 4 nitrogen and oxygen atoms in total. The van der Waals surface area contributed by atoms with Crippen LogP contribution in [0.2, 0.25) is 0 Å². The Labute approximate surface area is 153 Å². The van der Waals surface area contributed by atoms with Gasteiger partial charge in [0.25, 0.3) is 0 Å².